The van der Waals surface area contributed by atoms with Crippen molar-refractivity contribution in [3.8, 4) is 0 Å². The number of carbonyl (C=O) groups is 1. The first kappa shape index (κ1) is 30.8. The molecule has 4 heterocycles. The van der Waals surface area contributed by atoms with Gasteiger partial charge in [-0.2, -0.15) is 13.2 Å². The summed E-state index contributed by atoms with van der Waals surface area (Å²) in [6, 6.07) is 6.55. The number of likely N-dealkylation sites (tertiary alicyclic amines) is 2. The number of aromatic nitrogens is 2. The lowest BCUT2D eigenvalue weighted by atomic mass is 9.84. The second kappa shape index (κ2) is 13.3. The van der Waals surface area contributed by atoms with Crippen LogP contribution in [-0.2, 0) is 17.5 Å². The van der Waals surface area contributed by atoms with Gasteiger partial charge < -0.3 is 19.3 Å². The fourth-order valence-electron chi connectivity index (χ4n) is 6.84. The topological polar surface area (TPSA) is 56.6 Å². The van der Waals surface area contributed by atoms with Crippen molar-refractivity contribution < 1.29 is 18.0 Å². The molecule has 3 fully saturated rings. The summed E-state index contributed by atoms with van der Waals surface area (Å²) in [5, 5.41) is 4.72. The molecule has 1 N–H and O–H groups in total. The van der Waals surface area contributed by atoms with E-state index in [9.17, 15) is 18.0 Å². The SMILES string of the molecule is CCC/C=C(/N1CCC2(CCCN2Cc2cc(N3CCC(C=O)CC3)cc(C(F)(F)F)c2)CC1)n1ccc(NSC)n1. The zero-order valence-corrected chi connectivity index (χ0v) is 25.5. The van der Waals surface area contributed by atoms with Crippen molar-refractivity contribution >= 4 is 35.6 Å². The summed E-state index contributed by atoms with van der Waals surface area (Å²) in [6.07, 6.45) is 10.3. The molecule has 2 aromatic rings. The molecule has 0 atom stereocenters. The highest BCUT2D eigenvalue weighted by Gasteiger charge is 2.43. The van der Waals surface area contributed by atoms with Gasteiger partial charge in [0.25, 0.3) is 0 Å². The van der Waals surface area contributed by atoms with Gasteiger partial charge >= 0.3 is 6.18 Å². The van der Waals surface area contributed by atoms with Gasteiger partial charge in [-0.3, -0.25) is 4.90 Å². The van der Waals surface area contributed by atoms with Crippen LogP contribution >= 0.6 is 11.9 Å². The maximum atomic E-state index is 14.0. The molecule has 0 saturated carbocycles. The summed E-state index contributed by atoms with van der Waals surface area (Å²) >= 11 is 1.52. The van der Waals surface area contributed by atoms with Gasteiger partial charge in [0, 0.05) is 68.4 Å². The standard InChI is InChI=1S/C31H43F3N6OS/c1-3-4-6-29(40-16-9-28(35-40)36-42-2)38-17-11-30(12-18-38)10-5-13-39(30)22-25-19-26(31(32,33)34)21-27(20-25)37-14-7-24(23-41)8-15-37/h6,9,16,19-21,23-24H,3-5,7-8,10-15,17-18,22H2,1-2H3,(H,35,36)/b29-6-. The summed E-state index contributed by atoms with van der Waals surface area (Å²) in [7, 11) is 0. The van der Waals surface area contributed by atoms with E-state index < -0.39 is 11.7 Å². The molecule has 3 saturated heterocycles. The molecule has 1 spiro atoms. The van der Waals surface area contributed by atoms with E-state index in [-0.39, 0.29) is 11.5 Å². The van der Waals surface area contributed by atoms with E-state index in [0.717, 1.165) is 81.6 Å². The average Bonchev–Trinajstić information content (AvgIpc) is 3.61. The number of aldehydes is 1. The minimum atomic E-state index is -4.40. The number of benzene rings is 1. The molecule has 5 rings (SSSR count). The number of hydrogen-bond donors (Lipinski definition) is 1. The fraction of sp³-hybridized carbons (Fsp3) is 0.613. The van der Waals surface area contributed by atoms with Gasteiger partial charge in [-0.1, -0.05) is 25.3 Å². The van der Waals surface area contributed by atoms with Gasteiger partial charge in [-0.25, -0.2) is 4.68 Å². The second-order valence-corrected chi connectivity index (χ2v) is 12.5. The predicted octanol–water partition coefficient (Wildman–Crippen LogP) is 6.74. The van der Waals surface area contributed by atoms with Gasteiger partial charge in [0.05, 0.1) is 5.56 Å². The number of carbonyl (C=O) groups excluding carboxylic acids is 1. The summed E-state index contributed by atoms with van der Waals surface area (Å²) in [5.41, 5.74) is 0.747. The van der Waals surface area contributed by atoms with Crippen LogP contribution in [0.25, 0.3) is 5.82 Å². The smallest absolute Gasteiger partial charge is 0.371 e. The second-order valence-electron chi connectivity index (χ2n) is 11.9. The van der Waals surface area contributed by atoms with E-state index in [1.54, 1.807) is 0 Å². The van der Waals surface area contributed by atoms with Gasteiger partial charge in [-0.05, 0) is 81.3 Å². The molecule has 11 heteroatoms. The number of nitrogens with one attached hydrogen (secondary N) is 1. The molecular weight excluding hydrogens is 561 g/mol. The fourth-order valence-corrected chi connectivity index (χ4v) is 7.15. The molecule has 0 bridgehead atoms. The molecule has 0 radical (unpaired) electrons. The van der Waals surface area contributed by atoms with Crippen molar-refractivity contribution in [2.24, 2.45) is 5.92 Å². The highest BCUT2D eigenvalue weighted by atomic mass is 32.2. The molecule has 7 nitrogen and oxygen atoms in total. The Hall–Kier alpha value is -2.66. The number of anilines is 2. The first-order valence-electron chi connectivity index (χ1n) is 15.2. The van der Waals surface area contributed by atoms with Crippen molar-refractivity contribution in [3.05, 3.63) is 47.7 Å². The minimum absolute atomic E-state index is 0.00123. The van der Waals surface area contributed by atoms with Crippen LogP contribution in [0.2, 0.25) is 0 Å². The molecule has 3 aliphatic rings. The summed E-state index contributed by atoms with van der Waals surface area (Å²) in [4.78, 5) is 18.1. The maximum absolute atomic E-state index is 14.0. The maximum Gasteiger partial charge on any atom is 0.416 e. The van der Waals surface area contributed by atoms with E-state index in [4.69, 9.17) is 5.10 Å². The quantitative estimate of drug-likeness (QED) is 0.238. The van der Waals surface area contributed by atoms with Crippen molar-refractivity contribution in [3.63, 3.8) is 0 Å². The third-order valence-corrected chi connectivity index (χ3v) is 9.59. The Bertz CT molecular complexity index is 1230. The number of rotatable bonds is 10. The van der Waals surface area contributed by atoms with Crippen LogP contribution in [0, 0.1) is 5.92 Å². The van der Waals surface area contributed by atoms with Crippen molar-refractivity contribution in [2.45, 2.75) is 76.6 Å². The Kier molecular flexibility index (Phi) is 9.77. The number of hydrogen-bond acceptors (Lipinski definition) is 7. The van der Waals surface area contributed by atoms with Gasteiger partial charge in [0.2, 0.25) is 0 Å². The van der Waals surface area contributed by atoms with Crippen molar-refractivity contribution in [1.29, 1.82) is 0 Å². The van der Waals surface area contributed by atoms with Crippen LogP contribution in [0.4, 0.5) is 24.7 Å². The number of halogens is 3. The Morgan fingerprint density at radius 1 is 1.12 bits per heavy atom. The molecule has 1 aromatic heterocycles. The molecule has 0 amide bonds. The van der Waals surface area contributed by atoms with Gasteiger partial charge in [0.15, 0.2) is 5.82 Å². The monoisotopic (exact) mass is 604 g/mol. The number of unbranched alkanes of at least 4 members (excludes halogenated alkanes) is 1. The molecule has 3 aliphatic heterocycles. The van der Waals surface area contributed by atoms with Crippen LogP contribution in [0.1, 0.15) is 69.4 Å². The third kappa shape index (κ3) is 6.93. The molecular formula is C31H43F3N6OS. The summed E-state index contributed by atoms with van der Waals surface area (Å²) in [6.45, 7) is 6.57. The van der Waals surface area contributed by atoms with Crippen LogP contribution in [0.3, 0.4) is 0 Å². The molecule has 1 aromatic carbocycles. The van der Waals surface area contributed by atoms with Gasteiger partial charge in [0.1, 0.15) is 12.1 Å². The Balaban J connectivity index is 1.31. The highest BCUT2D eigenvalue weighted by Crippen LogP contribution is 2.42. The molecule has 0 unspecified atom stereocenters. The molecule has 230 valence electrons. The van der Waals surface area contributed by atoms with Crippen LogP contribution < -0.4 is 9.62 Å². The zero-order chi connectivity index (χ0) is 29.7. The van der Waals surface area contributed by atoms with Gasteiger partial charge in [-0.15, -0.1) is 5.10 Å². The average molecular weight is 605 g/mol. The third-order valence-electron chi connectivity index (χ3n) is 9.18. The number of nitrogens with zero attached hydrogens (tertiary/aromatic N) is 5. The summed E-state index contributed by atoms with van der Waals surface area (Å²) in [5.74, 6) is 1.93. The minimum Gasteiger partial charge on any atom is -0.371 e. The predicted molar refractivity (Wildman–Crippen MR) is 164 cm³/mol. The Morgan fingerprint density at radius 3 is 2.55 bits per heavy atom. The normalized spacial score (nSPS) is 20.5. The largest absolute Gasteiger partial charge is 0.416 e. The number of allylic oxidation sites excluding steroid dienone is 1. The van der Waals surface area contributed by atoms with E-state index in [2.05, 4.69) is 27.5 Å². The van der Waals surface area contributed by atoms with Crippen LogP contribution in [-0.4, -0.2) is 70.4 Å². The van der Waals surface area contributed by atoms with Crippen molar-refractivity contribution in [2.75, 3.05) is 48.6 Å². The van der Waals surface area contributed by atoms with E-state index in [1.165, 1.54) is 24.1 Å². The Morgan fingerprint density at radius 2 is 1.88 bits per heavy atom. The lowest BCUT2D eigenvalue weighted by Gasteiger charge is -2.46. The molecule has 42 heavy (non-hydrogen) atoms. The lowest BCUT2D eigenvalue weighted by Crippen LogP contribution is -2.51. The summed E-state index contributed by atoms with van der Waals surface area (Å²) < 4.78 is 47.1. The first-order chi connectivity index (χ1) is 20.2. The highest BCUT2D eigenvalue weighted by molar-refractivity contribution is 7.99. The number of alkyl halides is 3. The number of piperidine rings is 2. The lowest BCUT2D eigenvalue weighted by molar-refractivity contribution is -0.137. The molecule has 0 aliphatic carbocycles. The van der Waals surface area contributed by atoms with E-state index in [1.807, 2.05) is 34.2 Å². The van der Waals surface area contributed by atoms with Crippen LogP contribution in [0.5, 0.6) is 0 Å². The van der Waals surface area contributed by atoms with E-state index >= 15 is 0 Å². The Labute approximate surface area is 251 Å². The van der Waals surface area contributed by atoms with E-state index in [0.29, 0.717) is 38.2 Å². The van der Waals surface area contributed by atoms with Crippen molar-refractivity contribution in [1.82, 2.24) is 19.6 Å². The zero-order valence-electron chi connectivity index (χ0n) is 24.7. The van der Waals surface area contributed by atoms with Crippen LogP contribution in [0.15, 0.2) is 36.5 Å². The first-order valence-corrected chi connectivity index (χ1v) is 16.4.